The lowest BCUT2D eigenvalue weighted by atomic mass is 10.1. The van der Waals surface area contributed by atoms with Gasteiger partial charge in [0.05, 0.1) is 6.54 Å². The lowest BCUT2D eigenvalue weighted by Gasteiger charge is -2.12. The van der Waals surface area contributed by atoms with Crippen LogP contribution in [0, 0.1) is 0 Å². The Kier molecular flexibility index (Phi) is 2.44. The topological polar surface area (TPSA) is 31.2 Å². The molecule has 1 unspecified atom stereocenters. The number of benzene rings is 1. The van der Waals surface area contributed by atoms with Crippen LogP contribution in [0.15, 0.2) is 53.5 Å². The number of ether oxygens (including phenoxy) is 1. The summed E-state index contributed by atoms with van der Waals surface area (Å²) in [4.78, 5) is 11.6. The molecular weight excluding hydrogens is 214 g/mol. The summed E-state index contributed by atoms with van der Waals surface area (Å²) in [6.07, 6.45) is 2.74. The maximum Gasteiger partial charge on any atom is 0.250 e. The third-order valence-electron chi connectivity index (χ3n) is 3.01. The van der Waals surface area contributed by atoms with E-state index in [0.29, 0.717) is 6.54 Å². The summed E-state index contributed by atoms with van der Waals surface area (Å²) in [7, 11) is 0. The highest BCUT2D eigenvalue weighted by Crippen LogP contribution is 2.28. The minimum atomic E-state index is 0.0204. The highest BCUT2D eigenvalue weighted by atomic mass is 16.5. The van der Waals surface area contributed by atoms with E-state index in [-0.39, 0.29) is 11.7 Å². The quantitative estimate of drug-likeness (QED) is 0.784. The molecule has 0 saturated heterocycles. The van der Waals surface area contributed by atoms with Crippen molar-refractivity contribution in [2.75, 3.05) is 0 Å². The van der Waals surface area contributed by atoms with E-state index < -0.39 is 0 Å². The Morgan fingerprint density at radius 2 is 2.00 bits per heavy atom. The molecule has 1 aromatic carbocycles. The minimum absolute atomic E-state index is 0.0204. The first-order chi connectivity index (χ1) is 8.33. The molecule has 17 heavy (non-hydrogen) atoms. The van der Waals surface area contributed by atoms with Gasteiger partial charge in [0, 0.05) is 18.7 Å². The van der Waals surface area contributed by atoms with Gasteiger partial charge in [0.15, 0.2) is 0 Å². The van der Waals surface area contributed by atoms with Gasteiger partial charge in [0.2, 0.25) is 0 Å². The van der Waals surface area contributed by atoms with Crippen LogP contribution in [0.5, 0.6) is 5.75 Å². The molecule has 0 saturated carbocycles. The fourth-order valence-electron chi connectivity index (χ4n) is 2.19. The lowest BCUT2D eigenvalue weighted by molar-refractivity contribution is 0.207. The maximum atomic E-state index is 11.6. The number of hydrogen-bond acceptors (Lipinski definition) is 2. The van der Waals surface area contributed by atoms with Crippen LogP contribution >= 0.6 is 0 Å². The predicted molar refractivity (Wildman–Crippen MR) is 65.3 cm³/mol. The zero-order valence-electron chi connectivity index (χ0n) is 9.37. The van der Waals surface area contributed by atoms with Crippen molar-refractivity contribution in [3.8, 4) is 5.75 Å². The van der Waals surface area contributed by atoms with Gasteiger partial charge in [0.1, 0.15) is 11.9 Å². The van der Waals surface area contributed by atoms with E-state index in [1.165, 1.54) is 5.56 Å². The third-order valence-corrected chi connectivity index (χ3v) is 3.01. The largest absolute Gasteiger partial charge is 0.488 e. The van der Waals surface area contributed by atoms with Crippen LogP contribution in [0.1, 0.15) is 5.56 Å². The Morgan fingerprint density at radius 1 is 1.18 bits per heavy atom. The number of fused-ring (bicyclic) bond motifs is 1. The molecule has 3 nitrogen and oxygen atoms in total. The van der Waals surface area contributed by atoms with Crippen molar-refractivity contribution >= 4 is 0 Å². The number of aromatic nitrogens is 1. The Hall–Kier alpha value is -2.03. The van der Waals surface area contributed by atoms with E-state index in [0.717, 1.165) is 12.2 Å². The molecular formula is C14H13NO2. The average molecular weight is 227 g/mol. The Labute approximate surface area is 99.3 Å². The first-order valence-corrected chi connectivity index (χ1v) is 5.73. The molecule has 1 aliphatic heterocycles. The maximum absolute atomic E-state index is 11.6. The number of rotatable bonds is 2. The van der Waals surface area contributed by atoms with Crippen LogP contribution in [0.3, 0.4) is 0 Å². The molecule has 0 N–H and O–H groups in total. The van der Waals surface area contributed by atoms with Gasteiger partial charge in [-0.1, -0.05) is 24.3 Å². The zero-order valence-corrected chi connectivity index (χ0v) is 9.37. The second-order valence-corrected chi connectivity index (χ2v) is 4.24. The van der Waals surface area contributed by atoms with Gasteiger partial charge >= 0.3 is 0 Å². The van der Waals surface area contributed by atoms with Gasteiger partial charge in [-0.25, -0.2) is 0 Å². The Bertz CT molecular complexity index is 564. The second kappa shape index (κ2) is 4.09. The fraction of sp³-hybridized carbons (Fsp3) is 0.214. The molecule has 0 aliphatic carbocycles. The summed E-state index contributed by atoms with van der Waals surface area (Å²) in [6, 6.07) is 13.2. The summed E-state index contributed by atoms with van der Waals surface area (Å²) in [6.45, 7) is 0.606. The van der Waals surface area contributed by atoms with Crippen molar-refractivity contribution in [2.24, 2.45) is 0 Å². The van der Waals surface area contributed by atoms with Crippen molar-refractivity contribution in [3.63, 3.8) is 0 Å². The fourth-order valence-corrected chi connectivity index (χ4v) is 2.19. The minimum Gasteiger partial charge on any atom is -0.488 e. The van der Waals surface area contributed by atoms with Crippen molar-refractivity contribution in [2.45, 2.75) is 19.1 Å². The van der Waals surface area contributed by atoms with E-state index >= 15 is 0 Å². The van der Waals surface area contributed by atoms with Crippen LogP contribution in [0.2, 0.25) is 0 Å². The molecule has 2 aromatic rings. The van der Waals surface area contributed by atoms with Crippen LogP contribution in [-0.4, -0.2) is 10.7 Å². The molecule has 3 heteroatoms. The van der Waals surface area contributed by atoms with Crippen LogP contribution < -0.4 is 10.3 Å². The lowest BCUT2D eigenvalue weighted by Crippen LogP contribution is -2.27. The molecule has 3 rings (SSSR count). The van der Waals surface area contributed by atoms with Gasteiger partial charge in [-0.15, -0.1) is 0 Å². The highest BCUT2D eigenvalue weighted by Gasteiger charge is 2.22. The summed E-state index contributed by atoms with van der Waals surface area (Å²) in [5.74, 6) is 0.946. The molecule has 0 amide bonds. The number of pyridine rings is 1. The molecule has 0 spiro atoms. The zero-order chi connectivity index (χ0) is 11.7. The molecule has 0 bridgehead atoms. The monoisotopic (exact) mass is 227 g/mol. The van der Waals surface area contributed by atoms with Gasteiger partial charge in [-0.3, -0.25) is 4.79 Å². The normalized spacial score (nSPS) is 17.5. The second-order valence-electron chi connectivity index (χ2n) is 4.24. The van der Waals surface area contributed by atoms with Crippen molar-refractivity contribution in [1.82, 2.24) is 4.57 Å². The van der Waals surface area contributed by atoms with Gasteiger partial charge in [-0.2, -0.15) is 0 Å². The summed E-state index contributed by atoms with van der Waals surface area (Å²) in [5.41, 5.74) is 1.24. The first kappa shape index (κ1) is 10.1. The Morgan fingerprint density at radius 3 is 2.82 bits per heavy atom. The van der Waals surface area contributed by atoms with Gasteiger partial charge in [0.25, 0.3) is 5.56 Å². The van der Waals surface area contributed by atoms with Crippen molar-refractivity contribution in [1.29, 1.82) is 0 Å². The molecule has 2 heterocycles. The Balaban J connectivity index is 1.78. The standard InChI is InChI=1S/C14H13NO2/c16-14-7-3-4-8-15(14)10-12-9-11-5-1-2-6-13(11)17-12/h1-8,12H,9-10H2. The summed E-state index contributed by atoms with van der Waals surface area (Å²) >= 11 is 0. The van der Waals surface area contributed by atoms with E-state index in [1.807, 2.05) is 24.3 Å². The van der Waals surface area contributed by atoms with Crippen molar-refractivity contribution < 1.29 is 4.74 Å². The highest BCUT2D eigenvalue weighted by molar-refractivity contribution is 5.37. The van der Waals surface area contributed by atoms with E-state index in [4.69, 9.17) is 4.74 Å². The summed E-state index contributed by atoms with van der Waals surface area (Å²) < 4.78 is 7.50. The average Bonchev–Trinajstić information content (AvgIpc) is 2.74. The molecule has 0 radical (unpaired) electrons. The SMILES string of the molecule is O=c1ccccn1CC1Cc2ccccc2O1. The first-order valence-electron chi connectivity index (χ1n) is 5.73. The van der Waals surface area contributed by atoms with Gasteiger partial charge < -0.3 is 9.30 Å². The molecule has 86 valence electrons. The van der Waals surface area contributed by atoms with Crippen LogP contribution in [-0.2, 0) is 13.0 Å². The van der Waals surface area contributed by atoms with Crippen molar-refractivity contribution in [3.05, 3.63) is 64.6 Å². The molecule has 1 aliphatic rings. The molecule has 1 atom stereocenters. The van der Waals surface area contributed by atoms with Crippen LogP contribution in [0.4, 0.5) is 0 Å². The molecule has 1 aromatic heterocycles. The van der Waals surface area contributed by atoms with E-state index in [2.05, 4.69) is 6.07 Å². The number of para-hydroxylation sites is 1. The van der Waals surface area contributed by atoms with E-state index in [1.54, 1.807) is 22.9 Å². The predicted octanol–water partition coefficient (Wildman–Crippen LogP) is 1.85. The molecule has 0 fully saturated rings. The third kappa shape index (κ3) is 1.96. The number of hydrogen-bond donors (Lipinski definition) is 0. The number of nitrogens with zero attached hydrogens (tertiary/aromatic N) is 1. The smallest absolute Gasteiger partial charge is 0.250 e. The van der Waals surface area contributed by atoms with Gasteiger partial charge in [-0.05, 0) is 17.7 Å². The van der Waals surface area contributed by atoms with E-state index in [9.17, 15) is 4.79 Å². The summed E-state index contributed by atoms with van der Waals surface area (Å²) in [5, 5.41) is 0. The van der Waals surface area contributed by atoms with Crippen LogP contribution in [0.25, 0.3) is 0 Å².